The minimum atomic E-state index is -3.47. The third-order valence-corrected chi connectivity index (χ3v) is 8.83. The maximum Gasteiger partial charge on any atom is 0.252 e. The molecule has 0 aliphatic carbocycles. The Hall–Kier alpha value is -2.56. The zero-order valence-electron chi connectivity index (χ0n) is 19.0. The first-order valence-corrected chi connectivity index (χ1v) is 13.2. The number of benzene rings is 1. The van der Waals surface area contributed by atoms with E-state index in [1.165, 1.54) is 0 Å². The zero-order chi connectivity index (χ0) is 23.6. The van der Waals surface area contributed by atoms with Crippen LogP contribution in [0.5, 0.6) is 0 Å². The Morgan fingerprint density at radius 2 is 1.79 bits per heavy atom. The summed E-state index contributed by atoms with van der Waals surface area (Å²) in [6.07, 6.45) is 2.96. The van der Waals surface area contributed by atoms with Crippen LogP contribution in [0.4, 0.5) is 5.69 Å². The fourth-order valence-electron chi connectivity index (χ4n) is 3.54. The second-order valence-electron chi connectivity index (χ2n) is 9.16. The molecule has 176 valence electrons. The second-order valence-corrected chi connectivity index (χ2v) is 12.5. The fourth-order valence-corrected chi connectivity index (χ4v) is 6.56. The van der Waals surface area contributed by atoms with Crippen LogP contribution in [0.15, 0.2) is 45.1 Å². The van der Waals surface area contributed by atoms with Crippen LogP contribution in [0.3, 0.4) is 0 Å². The molecule has 4 rings (SSSR count). The topological polar surface area (TPSA) is 105 Å². The second kappa shape index (κ2) is 9.36. The van der Waals surface area contributed by atoms with Gasteiger partial charge < -0.3 is 9.84 Å². The number of piperidine rings is 1. The van der Waals surface area contributed by atoms with E-state index >= 15 is 0 Å². The van der Waals surface area contributed by atoms with Crippen LogP contribution in [0.2, 0.25) is 0 Å². The number of sulfonamides is 1. The molecule has 1 N–H and O–H groups in total. The van der Waals surface area contributed by atoms with E-state index in [1.807, 2.05) is 32.9 Å². The van der Waals surface area contributed by atoms with Gasteiger partial charge in [0.2, 0.25) is 17.6 Å². The van der Waals surface area contributed by atoms with Crippen molar-refractivity contribution >= 4 is 33.0 Å². The van der Waals surface area contributed by atoms with Gasteiger partial charge >= 0.3 is 0 Å². The number of thiophene rings is 1. The van der Waals surface area contributed by atoms with E-state index in [9.17, 15) is 13.2 Å². The van der Waals surface area contributed by atoms with Crippen LogP contribution in [0.1, 0.15) is 50.8 Å². The number of hydrogen-bond donors (Lipinski definition) is 1. The van der Waals surface area contributed by atoms with Crippen molar-refractivity contribution in [2.45, 2.75) is 56.1 Å². The predicted octanol–water partition coefficient (Wildman–Crippen LogP) is 4.45. The molecule has 3 aromatic rings. The predicted molar refractivity (Wildman–Crippen MR) is 128 cm³/mol. The first-order valence-electron chi connectivity index (χ1n) is 11.0. The number of aromatic nitrogens is 2. The van der Waals surface area contributed by atoms with Crippen LogP contribution in [0.25, 0.3) is 11.4 Å². The summed E-state index contributed by atoms with van der Waals surface area (Å²) in [7, 11) is -3.47. The molecule has 3 heterocycles. The van der Waals surface area contributed by atoms with Gasteiger partial charge in [-0.05, 0) is 49.2 Å². The molecule has 1 fully saturated rings. The highest BCUT2D eigenvalue weighted by atomic mass is 32.2. The van der Waals surface area contributed by atoms with Crippen molar-refractivity contribution in [3.63, 3.8) is 0 Å². The van der Waals surface area contributed by atoms with Crippen molar-refractivity contribution in [3.05, 3.63) is 47.2 Å². The van der Waals surface area contributed by atoms with E-state index in [2.05, 4.69) is 15.5 Å². The summed E-state index contributed by atoms with van der Waals surface area (Å²) in [5.74, 6) is 0.854. The molecule has 1 saturated heterocycles. The molecule has 8 nitrogen and oxygen atoms in total. The van der Waals surface area contributed by atoms with E-state index in [0.29, 0.717) is 39.6 Å². The molecule has 0 radical (unpaired) electrons. The summed E-state index contributed by atoms with van der Waals surface area (Å²) < 4.78 is 32.8. The van der Waals surface area contributed by atoms with E-state index in [-0.39, 0.29) is 17.7 Å². The van der Waals surface area contributed by atoms with Crippen molar-refractivity contribution in [2.75, 3.05) is 18.4 Å². The van der Waals surface area contributed by atoms with Gasteiger partial charge in [0.05, 0.1) is 6.42 Å². The number of anilines is 1. The smallest absolute Gasteiger partial charge is 0.252 e. The van der Waals surface area contributed by atoms with E-state index in [4.69, 9.17) is 4.52 Å². The van der Waals surface area contributed by atoms with Crippen molar-refractivity contribution in [3.8, 4) is 11.4 Å². The lowest BCUT2D eigenvalue weighted by molar-refractivity contribution is -0.115. The normalized spacial score (nSPS) is 15.5. The first-order chi connectivity index (χ1) is 15.6. The van der Waals surface area contributed by atoms with Gasteiger partial charge in [-0.15, -0.1) is 11.3 Å². The third-order valence-electron chi connectivity index (χ3n) is 5.38. The lowest BCUT2D eigenvalue weighted by Gasteiger charge is -2.25. The fraction of sp³-hybridized carbons (Fsp3) is 0.435. The van der Waals surface area contributed by atoms with Crippen molar-refractivity contribution in [2.24, 2.45) is 0 Å². The van der Waals surface area contributed by atoms with Gasteiger partial charge in [-0.2, -0.15) is 9.29 Å². The minimum Gasteiger partial charge on any atom is -0.338 e. The van der Waals surface area contributed by atoms with Crippen LogP contribution in [-0.4, -0.2) is 41.9 Å². The van der Waals surface area contributed by atoms with Crippen LogP contribution in [-0.2, 0) is 26.7 Å². The molecule has 0 atom stereocenters. The summed E-state index contributed by atoms with van der Waals surface area (Å²) in [6.45, 7) is 7.13. The zero-order valence-corrected chi connectivity index (χ0v) is 20.6. The largest absolute Gasteiger partial charge is 0.338 e. The molecule has 0 spiro atoms. The van der Waals surface area contributed by atoms with Gasteiger partial charge in [-0.3, -0.25) is 4.79 Å². The van der Waals surface area contributed by atoms with Crippen LogP contribution >= 0.6 is 11.3 Å². The lowest BCUT2D eigenvalue weighted by Crippen LogP contribution is -2.35. The summed E-state index contributed by atoms with van der Waals surface area (Å²) in [4.78, 5) is 17.7. The Labute approximate surface area is 198 Å². The average molecular weight is 489 g/mol. The van der Waals surface area contributed by atoms with E-state index in [0.717, 1.165) is 36.2 Å². The molecule has 1 aliphatic heterocycles. The standard InChI is InChI=1S/C23H28N4O4S2/c1-23(2,3)22-25-21(26-31-22)16-7-9-17(10-8-16)24-19(28)15-18-11-12-20(32-18)33(29,30)27-13-5-4-6-14-27/h7-12H,4-6,13-15H2,1-3H3,(H,24,28). The minimum absolute atomic E-state index is 0.113. The maximum absolute atomic E-state index is 12.8. The highest BCUT2D eigenvalue weighted by Gasteiger charge is 2.27. The number of nitrogens with zero attached hydrogens (tertiary/aromatic N) is 3. The van der Waals surface area contributed by atoms with Gasteiger partial charge in [0.25, 0.3) is 10.0 Å². The first kappa shape index (κ1) is 23.6. The van der Waals surface area contributed by atoms with Gasteiger partial charge in [0.1, 0.15) is 4.21 Å². The highest BCUT2D eigenvalue weighted by molar-refractivity contribution is 7.91. The van der Waals surface area contributed by atoms with Gasteiger partial charge in [-0.25, -0.2) is 8.42 Å². The Morgan fingerprint density at radius 3 is 2.42 bits per heavy atom. The van der Waals surface area contributed by atoms with E-state index in [1.54, 1.807) is 28.6 Å². The van der Waals surface area contributed by atoms with Crippen molar-refractivity contribution in [1.29, 1.82) is 0 Å². The molecule has 2 aromatic heterocycles. The van der Waals surface area contributed by atoms with Crippen molar-refractivity contribution in [1.82, 2.24) is 14.4 Å². The Kier molecular flexibility index (Phi) is 6.69. The molecule has 0 bridgehead atoms. The van der Waals surface area contributed by atoms with Crippen LogP contribution < -0.4 is 5.32 Å². The summed E-state index contributed by atoms with van der Waals surface area (Å²) in [5, 5.41) is 6.88. The Bertz CT molecular complexity index is 1220. The lowest BCUT2D eigenvalue weighted by atomic mass is 9.97. The molecule has 0 unspecified atom stereocenters. The van der Waals surface area contributed by atoms with E-state index < -0.39 is 10.0 Å². The molecule has 1 aromatic carbocycles. The number of carbonyl (C=O) groups excluding carboxylic acids is 1. The molecular weight excluding hydrogens is 460 g/mol. The number of rotatable bonds is 6. The third kappa shape index (κ3) is 5.51. The molecule has 10 heteroatoms. The van der Waals surface area contributed by atoms with Crippen molar-refractivity contribution < 1.29 is 17.7 Å². The number of hydrogen-bond acceptors (Lipinski definition) is 7. The Balaban J connectivity index is 1.37. The van der Waals surface area contributed by atoms with Crippen LogP contribution in [0, 0.1) is 0 Å². The summed E-state index contributed by atoms with van der Waals surface area (Å²) in [5.41, 5.74) is 1.20. The summed E-state index contributed by atoms with van der Waals surface area (Å²) >= 11 is 1.16. The SMILES string of the molecule is CC(C)(C)c1nc(-c2ccc(NC(=O)Cc3ccc(S(=O)(=O)N4CCCCC4)s3)cc2)no1. The summed E-state index contributed by atoms with van der Waals surface area (Å²) in [6, 6.07) is 10.5. The molecular formula is C23H28N4O4S2. The maximum atomic E-state index is 12.8. The number of amides is 1. The van der Waals surface area contributed by atoms with Gasteiger partial charge in [0, 0.05) is 34.6 Å². The quantitative estimate of drug-likeness (QED) is 0.549. The number of carbonyl (C=O) groups is 1. The van der Waals surface area contributed by atoms with Gasteiger partial charge in [0.15, 0.2) is 0 Å². The Morgan fingerprint density at radius 1 is 1.09 bits per heavy atom. The molecule has 33 heavy (non-hydrogen) atoms. The average Bonchev–Trinajstić information content (AvgIpc) is 3.45. The van der Waals surface area contributed by atoms with Gasteiger partial charge in [-0.1, -0.05) is 32.3 Å². The molecule has 1 amide bonds. The monoisotopic (exact) mass is 488 g/mol. The molecule has 0 saturated carbocycles. The molecule has 1 aliphatic rings. The number of nitrogens with one attached hydrogen (secondary N) is 1. The highest BCUT2D eigenvalue weighted by Crippen LogP contribution is 2.28.